The van der Waals surface area contributed by atoms with E-state index in [0.717, 1.165) is 11.1 Å². The Morgan fingerprint density at radius 1 is 1.40 bits per heavy atom. The SMILES string of the molecule is Cc1cnn(CCNC(=O)C(N)Cc2ccccc2)c1. The third kappa shape index (κ3) is 4.20. The first-order valence-electron chi connectivity index (χ1n) is 6.71. The summed E-state index contributed by atoms with van der Waals surface area (Å²) in [5.41, 5.74) is 8.07. The molecule has 5 heteroatoms. The Balaban J connectivity index is 1.74. The monoisotopic (exact) mass is 272 g/mol. The lowest BCUT2D eigenvalue weighted by atomic mass is 10.1. The predicted octanol–water partition coefficient (Wildman–Crippen LogP) is 0.878. The zero-order valence-electron chi connectivity index (χ0n) is 11.6. The van der Waals surface area contributed by atoms with Gasteiger partial charge in [-0.25, -0.2) is 0 Å². The summed E-state index contributed by atoms with van der Waals surface area (Å²) in [6.07, 6.45) is 4.28. The normalized spacial score (nSPS) is 12.1. The quantitative estimate of drug-likeness (QED) is 0.820. The van der Waals surface area contributed by atoms with Crippen molar-refractivity contribution in [2.75, 3.05) is 6.54 Å². The van der Waals surface area contributed by atoms with Gasteiger partial charge < -0.3 is 11.1 Å². The number of nitrogens with two attached hydrogens (primary N) is 1. The summed E-state index contributed by atoms with van der Waals surface area (Å²) >= 11 is 0. The van der Waals surface area contributed by atoms with Gasteiger partial charge in [0.15, 0.2) is 0 Å². The van der Waals surface area contributed by atoms with E-state index in [1.807, 2.05) is 43.5 Å². The van der Waals surface area contributed by atoms with Crippen molar-refractivity contribution in [2.24, 2.45) is 5.73 Å². The molecule has 0 aliphatic carbocycles. The first-order chi connectivity index (χ1) is 9.65. The van der Waals surface area contributed by atoms with E-state index in [2.05, 4.69) is 10.4 Å². The number of nitrogens with one attached hydrogen (secondary N) is 1. The third-order valence-electron chi connectivity index (χ3n) is 3.04. The first-order valence-corrected chi connectivity index (χ1v) is 6.71. The number of hydrogen-bond donors (Lipinski definition) is 2. The van der Waals surface area contributed by atoms with E-state index < -0.39 is 6.04 Å². The number of carbonyl (C=O) groups excluding carboxylic acids is 1. The van der Waals surface area contributed by atoms with Gasteiger partial charge in [-0.15, -0.1) is 0 Å². The summed E-state index contributed by atoms with van der Waals surface area (Å²) in [5, 5.41) is 6.99. The molecule has 0 radical (unpaired) electrons. The smallest absolute Gasteiger partial charge is 0.237 e. The van der Waals surface area contributed by atoms with Gasteiger partial charge in [-0.05, 0) is 24.5 Å². The molecule has 5 nitrogen and oxygen atoms in total. The number of aryl methyl sites for hydroxylation is 1. The van der Waals surface area contributed by atoms with Crippen LogP contribution in [-0.2, 0) is 17.8 Å². The summed E-state index contributed by atoms with van der Waals surface area (Å²) < 4.78 is 1.80. The maximum atomic E-state index is 11.9. The van der Waals surface area contributed by atoms with Gasteiger partial charge in [0.2, 0.25) is 5.91 Å². The van der Waals surface area contributed by atoms with E-state index in [9.17, 15) is 4.79 Å². The largest absolute Gasteiger partial charge is 0.353 e. The molecule has 2 rings (SSSR count). The lowest BCUT2D eigenvalue weighted by Crippen LogP contribution is -2.43. The highest BCUT2D eigenvalue weighted by Gasteiger charge is 2.13. The third-order valence-corrected chi connectivity index (χ3v) is 3.04. The van der Waals surface area contributed by atoms with E-state index in [1.54, 1.807) is 10.9 Å². The average Bonchev–Trinajstić information content (AvgIpc) is 2.85. The summed E-state index contributed by atoms with van der Waals surface area (Å²) in [4.78, 5) is 11.9. The van der Waals surface area contributed by atoms with Gasteiger partial charge in [-0.2, -0.15) is 5.10 Å². The van der Waals surface area contributed by atoms with Gasteiger partial charge in [-0.1, -0.05) is 30.3 Å². The van der Waals surface area contributed by atoms with Crippen molar-refractivity contribution in [1.29, 1.82) is 0 Å². The number of aromatic nitrogens is 2. The first kappa shape index (κ1) is 14.3. The highest BCUT2D eigenvalue weighted by molar-refractivity contribution is 5.81. The van der Waals surface area contributed by atoms with Crippen molar-refractivity contribution in [3.05, 3.63) is 53.9 Å². The molecule has 1 atom stereocenters. The molecule has 2 aromatic rings. The van der Waals surface area contributed by atoms with Crippen molar-refractivity contribution >= 4 is 5.91 Å². The Kier molecular flexibility index (Phi) is 4.90. The number of rotatable bonds is 6. The Hall–Kier alpha value is -2.14. The number of hydrogen-bond acceptors (Lipinski definition) is 3. The van der Waals surface area contributed by atoms with E-state index in [0.29, 0.717) is 19.5 Å². The van der Waals surface area contributed by atoms with Crippen LogP contribution in [0.15, 0.2) is 42.7 Å². The molecule has 3 N–H and O–H groups in total. The molecule has 0 aliphatic rings. The molecule has 1 unspecified atom stereocenters. The summed E-state index contributed by atoms with van der Waals surface area (Å²) in [5.74, 6) is -0.127. The van der Waals surface area contributed by atoms with Crippen molar-refractivity contribution in [2.45, 2.75) is 25.9 Å². The van der Waals surface area contributed by atoms with Gasteiger partial charge in [-0.3, -0.25) is 9.48 Å². The van der Waals surface area contributed by atoms with E-state index >= 15 is 0 Å². The van der Waals surface area contributed by atoms with Crippen molar-refractivity contribution < 1.29 is 4.79 Å². The molecule has 1 heterocycles. The Morgan fingerprint density at radius 3 is 2.80 bits per heavy atom. The zero-order valence-corrected chi connectivity index (χ0v) is 11.6. The number of nitrogens with zero attached hydrogens (tertiary/aromatic N) is 2. The van der Waals surface area contributed by atoms with Gasteiger partial charge in [0.05, 0.1) is 18.8 Å². The molecule has 106 valence electrons. The van der Waals surface area contributed by atoms with Crippen LogP contribution in [0.5, 0.6) is 0 Å². The van der Waals surface area contributed by atoms with Crippen LogP contribution in [0.4, 0.5) is 0 Å². The second-order valence-electron chi connectivity index (χ2n) is 4.87. The molecule has 0 aliphatic heterocycles. The fourth-order valence-electron chi connectivity index (χ4n) is 1.97. The van der Waals surface area contributed by atoms with Gasteiger partial charge in [0, 0.05) is 12.7 Å². The Morgan fingerprint density at radius 2 is 2.15 bits per heavy atom. The number of amides is 1. The molecule has 1 amide bonds. The minimum absolute atomic E-state index is 0.127. The van der Waals surface area contributed by atoms with Crippen molar-refractivity contribution in [3.8, 4) is 0 Å². The van der Waals surface area contributed by atoms with Crippen LogP contribution in [-0.4, -0.2) is 28.3 Å². The second-order valence-corrected chi connectivity index (χ2v) is 4.87. The topological polar surface area (TPSA) is 72.9 Å². The maximum absolute atomic E-state index is 11.9. The van der Waals surface area contributed by atoms with Crippen LogP contribution in [0.25, 0.3) is 0 Å². The lowest BCUT2D eigenvalue weighted by Gasteiger charge is -2.12. The minimum Gasteiger partial charge on any atom is -0.353 e. The summed E-state index contributed by atoms with van der Waals surface area (Å²) in [6.45, 7) is 3.16. The molecule has 0 bridgehead atoms. The van der Waals surface area contributed by atoms with E-state index in [4.69, 9.17) is 5.73 Å². The second kappa shape index (κ2) is 6.86. The molecule has 0 saturated heterocycles. The summed E-state index contributed by atoms with van der Waals surface area (Å²) in [7, 11) is 0. The van der Waals surface area contributed by atoms with Crippen LogP contribution in [0, 0.1) is 6.92 Å². The van der Waals surface area contributed by atoms with Crippen LogP contribution >= 0.6 is 0 Å². The fraction of sp³-hybridized carbons (Fsp3) is 0.333. The molecule has 1 aromatic carbocycles. The van der Waals surface area contributed by atoms with Crippen LogP contribution in [0.2, 0.25) is 0 Å². The highest BCUT2D eigenvalue weighted by Crippen LogP contribution is 2.01. The highest BCUT2D eigenvalue weighted by atomic mass is 16.2. The Labute approximate surface area is 118 Å². The van der Waals surface area contributed by atoms with E-state index in [1.165, 1.54) is 0 Å². The minimum atomic E-state index is -0.517. The van der Waals surface area contributed by atoms with Crippen molar-refractivity contribution in [1.82, 2.24) is 15.1 Å². The average molecular weight is 272 g/mol. The van der Waals surface area contributed by atoms with Crippen LogP contribution < -0.4 is 11.1 Å². The lowest BCUT2D eigenvalue weighted by molar-refractivity contribution is -0.122. The molecule has 0 spiro atoms. The molecule has 0 saturated carbocycles. The van der Waals surface area contributed by atoms with Crippen LogP contribution in [0.3, 0.4) is 0 Å². The molecular weight excluding hydrogens is 252 g/mol. The van der Waals surface area contributed by atoms with Crippen molar-refractivity contribution in [3.63, 3.8) is 0 Å². The standard InChI is InChI=1S/C15H20N4O/c1-12-10-18-19(11-12)8-7-17-15(20)14(16)9-13-5-3-2-4-6-13/h2-6,10-11,14H,7-9,16H2,1H3,(H,17,20). The van der Waals surface area contributed by atoms with Gasteiger partial charge in [0.1, 0.15) is 0 Å². The number of benzene rings is 1. The van der Waals surface area contributed by atoms with Gasteiger partial charge in [0.25, 0.3) is 0 Å². The van der Waals surface area contributed by atoms with Crippen LogP contribution in [0.1, 0.15) is 11.1 Å². The Bertz CT molecular complexity index is 550. The predicted molar refractivity (Wildman–Crippen MR) is 78.1 cm³/mol. The zero-order chi connectivity index (χ0) is 14.4. The fourth-order valence-corrected chi connectivity index (χ4v) is 1.97. The van der Waals surface area contributed by atoms with Gasteiger partial charge >= 0.3 is 0 Å². The number of carbonyl (C=O) groups is 1. The summed E-state index contributed by atoms with van der Waals surface area (Å²) in [6, 6.07) is 9.26. The van der Waals surface area contributed by atoms with E-state index in [-0.39, 0.29) is 5.91 Å². The molecule has 20 heavy (non-hydrogen) atoms. The molecule has 0 fully saturated rings. The molecule has 1 aromatic heterocycles. The molecular formula is C15H20N4O. The maximum Gasteiger partial charge on any atom is 0.237 e.